The Morgan fingerprint density at radius 1 is 1.44 bits per heavy atom. The molecule has 16 heavy (non-hydrogen) atoms. The van der Waals surface area contributed by atoms with Crippen LogP contribution in [0.25, 0.3) is 0 Å². The lowest BCUT2D eigenvalue weighted by Crippen LogP contribution is -2.29. The van der Waals surface area contributed by atoms with Crippen LogP contribution in [-0.2, 0) is 4.74 Å². The van der Waals surface area contributed by atoms with E-state index in [0.717, 1.165) is 19.6 Å². The van der Waals surface area contributed by atoms with Crippen molar-refractivity contribution >= 4 is 11.8 Å². The molecule has 1 aromatic rings. The van der Waals surface area contributed by atoms with Crippen LogP contribution in [0.15, 0.2) is 29.2 Å². The van der Waals surface area contributed by atoms with Gasteiger partial charge in [-0.25, -0.2) is 0 Å². The Hall–Kier alpha value is -0.510. The van der Waals surface area contributed by atoms with E-state index in [-0.39, 0.29) is 6.04 Å². The molecule has 2 atom stereocenters. The summed E-state index contributed by atoms with van der Waals surface area (Å²) < 4.78 is 5.51. The molecule has 3 heteroatoms. The number of thioether (sulfide) groups is 1. The third-order valence-electron chi connectivity index (χ3n) is 3.20. The standard InChI is InChI=1S/C13H19NOS/c1-16-12-7-3-2-6-11(12)13(14)10-5-4-8-15-9-10/h2-3,6-7,10,13H,4-5,8-9,14H2,1H3. The molecule has 1 saturated heterocycles. The van der Waals surface area contributed by atoms with Gasteiger partial charge in [-0.3, -0.25) is 0 Å². The SMILES string of the molecule is CSc1ccccc1C(N)C1CCCOC1. The van der Waals surface area contributed by atoms with Gasteiger partial charge in [-0.1, -0.05) is 18.2 Å². The third-order valence-corrected chi connectivity index (χ3v) is 4.01. The Morgan fingerprint density at radius 2 is 2.25 bits per heavy atom. The third kappa shape index (κ3) is 2.59. The van der Waals surface area contributed by atoms with Gasteiger partial charge < -0.3 is 10.5 Å². The van der Waals surface area contributed by atoms with Crippen molar-refractivity contribution in [2.75, 3.05) is 19.5 Å². The van der Waals surface area contributed by atoms with E-state index < -0.39 is 0 Å². The first kappa shape index (κ1) is 12.0. The average Bonchev–Trinajstić information content (AvgIpc) is 2.39. The zero-order valence-corrected chi connectivity index (χ0v) is 10.5. The van der Waals surface area contributed by atoms with Gasteiger partial charge in [0.15, 0.2) is 0 Å². The molecule has 0 saturated carbocycles. The van der Waals surface area contributed by atoms with Gasteiger partial charge in [0.25, 0.3) is 0 Å². The Kier molecular flexibility index (Phi) is 4.27. The summed E-state index contributed by atoms with van der Waals surface area (Å²) >= 11 is 1.77. The molecule has 0 radical (unpaired) electrons. The zero-order chi connectivity index (χ0) is 11.4. The maximum Gasteiger partial charge on any atom is 0.0512 e. The molecule has 1 aromatic carbocycles. The van der Waals surface area contributed by atoms with Crippen molar-refractivity contribution in [1.82, 2.24) is 0 Å². The maximum absolute atomic E-state index is 6.35. The number of hydrogen-bond donors (Lipinski definition) is 1. The molecule has 0 aromatic heterocycles. The van der Waals surface area contributed by atoms with E-state index in [1.165, 1.54) is 16.9 Å². The predicted molar refractivity (Wildman–Crippen MR) is 68.7 cm³/mol. The van der Waals surface area contributed by atoms with E-state index in [4.69, 9.17) is 10.5 Å². The highest BCUT2D eigenvalue weighted by molar-refractivity contribution is 7.98. The summed E-state index contributed by atoms with van der Waals surface area (Å²) in [5.74, 6) is 0.474. The van der Waals surface area contributed by atoms with Crippen molar-refractivity contribution in [1.29, 1.82) is 0 Å². The molecular weight excluding hydrogens is 218 g/mol. The monoisotopic (exact) mass is 237 g/mol. The van der Waals surface area contributed by atoms with E-state index in [1.807, 2.05) is 0 Å². The van der Waals surface area contributed by atoms with Crippen molar-refractivity contribution in [3.05, 3.63) is 29.8 Å². The molecule has 2 N–H and O–H groups in total. The van der Waals surface area contributed by atoms with Crippen LogP contribution in [0.5, 0.6) is 0 Å². The van der Waals surface area contributed by atoms with Crippen LogP contribution < -0.4 is 5.73 Å². The quantitative estimate of drug-likeness (QED) is 0.821. The summed E-state index contributed by atoms with van der Waals surface area (Å²) in [5.41, 5.74) is 7.62. The fourth-order valence-electron chi connectivity index (χ4n) is 2.24. The molecule has 1 aliphatic heterocycles. The van der Waals surface area contributed by atoms with Gasteiger partial charge in [0, 0.05) is 23.5 Å². The Bertz CT molecular complexity index is 336. The van der Waals surface area contributed by atoms with E-state index in [1.54, 1.807) is 11.8 Å². The van der Waals surface area contributed by atoms with Gasteiger partial charge in [-0.15, -0.1) is 11.8 Å². The summed E-state index contributed by atoms with van der Waals surface area (Å²) in [7, 11) is 0. The van der Waals surface area contributed by atoms with Gasteiger partial charge in [-0.05, 0) is 30.7 Å². The molecule has 0 bridgehead atoms. The van der Waals surface area contributed by atoms with Crippen LogP contribution in [0.3, 0.4) is 0 Å². The van der Waals surface area contributed by atoms with Gasteiger partial charge in [0.2, 0.25) is 0 Å². The lowest BCUT2D eigenvalue weighted by Gasteiger charge is -2.28. The van der Waals surface area contributed by atoms with Crippen LogP contribution in [-0.4, -0.2) is 19.5 Å². The highest BCUT2D eigenvalue weighted by Gasteiger charge is 2.23. The van der Waals surface area contributed by atoms with Crippen LogP contribution in [0.4, 0.5) is 0 Å². The lowest BCUT2D eigenvalue weighted by molar-refractivity contribution is 0.0444. The minimum Gasteiger partial charge on any atom is -0.381 e. The fraction of sp³-hybridized carbons (Fsp3) is 0.538. The van der Waals surface area contributed by atoms with Crippen LogP contribution in [0.1, 0.15) is 24.4 Å². The first-order valence-corrected chi connectivity index (χ1v) is 7.01. The minimum atomic E-state index is 0.115. The molecule has 1 heterocycles. The van der Waals surface area contributed by atoms with E-state index in [0.29, 0.717) is 5.92 Å². The molecular formula is C13H19NOS. The molecule has 0 amide bonds. The van der Waals surface area contributed by atoms with Crippen molar-refractivity contribution in [3.63, 3.8) is 0 Å². The molecule has 0 aliphatic carbocycles. The summed E-state index contributed by atoms with van der Waals surface area (Å²) in [6, 6.07) is 8.54. The Labute approximate surface area is 102 Å². The normalized spacial score (nSPS) is 23.0. The number of ether oxygens (including phenoxy) is 1. The minimum absolute atomic E-state index is 0.115. The zero-order valence-electron chi connectivity index (χ0n) is 9.69. The second kappa shape index (κ2) is 5.71. The highest BCUT2D eigenvalue weighted by Crippen LogP contribution is 2.32. The molecule has 1 aliphatic rings. The maximum atomic E-state index is 6.35. The van der Waals surface area contributed by atoms with Gasteiger partial charge >= 0.3 is 0 Å². The van der Waals surface area contributed by atoms with Crippen LogP contribution in [0.2, 0.25) is 0 Å². The van der Waals surface area contributed by atoms with Gasteiger partial charge in [-0.2, -0.15) is 0 Å². The molecule has 1 fully saturated rings. The molecule has 2 rings (SSSR count). The fourth-order valence-corrected chi connectivity index (χ4v) is 2.90. The van der Waals surface area contributed by atoms with E-state index >= 15 is 0 Å². The average molecular weight is 237 g/mol. The van der Waals surface area contributed by atoms with Gasteiger partial charge in [0.1, 0.15) is 0 Å². The first-order valence-electron chi connectivity index (χ1n) is 5.79. The number of benzene rings is 1. The second-order valence-electron chi connectivity index (χ2n) is 4.24. The number of rotatable bonds is 3. The second-order valence-corrected chi connectivity index (χ2v) is 5.09. The number of nitrogens with two attached hydrogens (primary N) is 1. The highest BCUT2D eigenvalue weighted by atomic mass is 32.2. The first-order chi connectivity index (χ1) is 7.83. The van der Waals surface area contributed by atoms with E-state index in [9.17, 15) is 0 Å². The summed E-state index contributed by atoms with van der Waals surface area (Å²) in [6.07, 6.45) is 4.42. The molecule has 2 unspecified atom stereocenters. The molecule has 88 valence electrons. The van der Waals surface area contributed by atoms with Crippen molar-refractivity contribution in [3.8, 4) is 0 Å². The summed E-state index contributed by atoms with van der Waals surface area (Å²) in [5, 5.41) is 0. The molecule has 0 spiro atoms. The topological polar surface area (TPSA) is 35.2 Å². The largest absolute Gasteiger partial charge is 0.381 e. The van der Waals surface area contributed by atoms with Crippen molar-refractivity contribution in [2.24, 2.45) is 11.7 Å². The summed E-state index contributed by atoms with van der Waals surface area (Å²) in [6.45, 7) is 1.71. The van der Waals surface area contributed by atoms with Crippen LogP contribution >= 0.6 is 11.8 Å². The Morgan fingerprint density at radius 3 is 2.94 bits per heavy atom. The number of hydrogen-bond acceptors (Lipinski definition) is 3. The van der Waals surface area contributed by atoms with Gasteiger partial charge in [0.05, 0.1) is 6.61 Å². The van der Waals surface area contributed by atoms with Crippen molar-refractivity contribution in [2.45, 2.75) is 23.8 Å². The molecule has 2 nitrogen and oxygen atoms in total. The summed E-state index contributed by atoms with van der Waals surface area (Å²) in [4.78, 5) is 1.29. The Balaban J connectivity index is 2.15. The predicted octanol–water partition coefficient (Wildman–Crippen LogP) is 2.83. The smallest absolute Gasteiger partial charge is 0.0512 e. The van der Waals surface area contributed by atoms with E-state index in [2.05, 4.69) is 30.5 Å². The van der Waals surface area contributed by atoms with Crippen molar-refractivity contribution < 1.29 is 4.74 Å². The lowest BCUT2D eigenvalue weighted by atomic mass is 9.89. The van der Waals surface area contributed by atoms with Crippen LogP contribution in [0, 0.1) is 5.92 Å².